The second kappa shape index (κ2) is 2.36. The van der Waals surface area contributed by atoms with Gasteiger partial charge in [-0.3, -0.25) is 0 Å². The van der Waals surface area contributed by atoms with Crippen LogP contribution in [0.25, 0.3) is 0 Å². The van der Waals surface area contributed by atoms with Crippen LogP contribution in [-0.2, 0) is 9.84 Å². The molecule has 11 heavy (non-hydrogen) atoms. The Hall–Kier alpha value is -0.260. The highest BCUT2D eigenvalue weighted by atomic mass is 32.2. The Bertz CT molecular complexity index is 237. The zero-order valence-corrected chi connectivity index (χ0v) is 6.37. The first-order valence-electron chi connectivity index (χ1n) is 3.16. The monoisotopic (exact) mass is 188 g/mol. The molecule has 0 unspecified atom stereocenters. The van der Waals surface area contributed by atoms with Crippen molar-refractivity contribution < 1.29 is 21.6 Å². The maximum Gasteiger partial charge on any atom is 0.497 e. The summed E-state index contributed by atoms with van der Waals surface area (Å²) in [5.41, 5.74) is -5.06. The zero-order valence-electron chi connectivity index (χ0n) is 5.56. The second-order valence-corrected chi connectivity index (χ2v) is 4.76. The van der Waals surface area contributed by atoms with Crippen LogP contribution in [0.2, 0.25) is 0 Å². The molecular formula is C5H7F3O2S. The van der Waals surface area contributed by atoms with Crippen molar-refractivity contribution in [1.29, 1.82) is 0 Å². The Morgan fingerprint density at radius 1 is 1.18 bits per heavy atom. The first kappa shape index (κ1) is 8.83. The van der Waals surface area contributed by atoms with Gasteiger partial charge < -0.3 is 0 Å². The molecule has 0 amide bonds. The molecule has 0 aliphatic heterocycles. The molecule has 2 nitrogen and oxygen atoms in total. The van der Waals surface area contributed by atoms with Gasteiger partial charge in [0.25, 0.3) is 9.84 Å². The van der Waals surface area contributed by atoms with E-state index in [2.05, 4.69) is 0 Å². The van der Waals surface area contributed by atoms with Crippen molar-refractivity contribution >= 4 is 9.84 Å². The lowest BCUT2D eigenvalue weighted by Gasteiger charge is -2.25. The topological polar surface area (TPSA) is 34.1 Å². The standard InChI is InChI=1S/C5H7F3O2S/c6-5(7,8)11(9,10)4-2-1-3-4/h4H,1-3H2. The third kappa shape index (κ3) is 1.36. The van der Waals surface area contributed by atoms with Crippen LogP contribution in [0.1, 0.15) is 19.3 Å². The van der Waals surface area contributed by atoms with Crippen LogP contribution < -0.4 is 0 Å². The van der Waals surface area contributed by atoms with Crippen LogP contribution in [-0.4, -0.2) is 19.2 Å². The lowest BCUT2D eigenvalue weighted by atomic mass is 10.0. The van der Waals surface area contributed by atoms with E-state index in [0.29, 0.717) is 6.42 Å². The molecule has 0 atom stereocenters. The molecule has 0 aromatic carbocycles. The van der Waals surface area contributed by atoms with Gasteiger partial charge in [-0.25, -0.2) is 8.42 Å². The van der Waals surface area contributed by atoms with Gasteiger partial charge in [0.2, 0.25) is 0 Å². The number of alkyl halides is 3. The molecule has 6 heteroatoms. The molecule has 1 rings (SSSR count). The normalized spacial score (nSPS) is 21.4. The summed E-state index contributed by atoms with van der Waals surface area (Å²) in [7, 11) is -4.84. The molecule has 0 radical (unpaired) electrons. The minimum atomic E-state index is -5.06. The molecule has 1 aliphatic rings. The SMILES string of the molecule is O=S(=O)(C1CCC1)C(F)(F)F. The average molecular weight is 188 g/mol. The van der Waals surface area contributed by atoms with Crippen LogP contribution in [0.3, 0.4) is 0 Å². The predicted molar refractivity (Wildman–Crippen MR) is 32.6 cm³/mol. The lowest BCUT2D eigenvalue weighted by molar-refractivity contribution is -0.0452. The maximum absolute atomic E-state index is 11.7. The van der Waals surface area contributed by atoms with Gasteiger partial charge in [0.05, 0.1) is 5.25 Å². The smallest absolute Gasteiger partial charge is 0.219 e. The summed E-state index contributed by atoms with van der Waals surface area (Å²) in [5, 5.41) is -1.16. The Labute approximate surface area is 62.3 Å². The highest BCUT2D eigenvalue weighted by Crippen LogP contribution is 2.36. The minimum Gasteiger partial charge on any atom is -0.219 e. The summed E-state index contributed by atoms with van der Waals surface area (Å²) in [6.07, 6.45) is 0.893. The van der Waals surface area contributed by atoms with Gasteiger partial charge in [0, 0.05) is 0 Å². The van der Waals surface area contributed by atoms with Crippen molar-refractivity contribution in [2.45, 2.75) is 30.0 Å². The Morgan fingerprint density at radius 3 is 1.73 bits per heavy atom. The van der Waals surface area contributed by atoms with E-state index in [1.54, 1.807) is 0 Å². The number of hydrogen-bond acceptors (Lipinski definition) is 2. The molecule has 0 N–H and O–H groups in total. The maximum atomic E-state index is 11.7. The van der Waals surface area contributed by atoms with Crippen LogP contribution in [0.5, 0.6) is 0 Å². The van der Waals surface area contributed by atoms with Crippen LogP contribution in [0.15, 0.2) is 0 Å². The highest BCUT2D eigenvalue weighted by molar-refractivity contribution is 7.92. The fourth-order valence-corrected chi connectivity index (χ4v) is 2.20. The molecule has 1 saturated carbocycles. The first-order chi connectivity index (χ1) is 4.86. The van der Waals surface area contributed by atoms with E-state index in [0.717, 1.165) is 0 Å². The first-order valence-corrected chi connectivity index (χ1v) is 4.70. The van der Waals surface area contributed by atoms with Crippen molar-refractivity contribution in [1.82, 2.24) is 0 Å². The molecule has 66 valence electrons. The number of sulfone groups is 1. The van der Waals surface area contributed by atoms with Crippen LogP contribution in [0.4, 0.5) is 13.2 Å². The van der Waals surface area contributed by atoms with Gasteiger partial charge in [-0.2, -0.15) is 13.2 Å². The van der Waals surface area contributed by atoms with E-state index in [9.17, 15) is 21.6 Å². The molecule has 0 aromatic heterocycles. The summed E-state index contributed by atoms with van der Waals surface area (Å²) in [4.78, 5) is 0. The summed E-state index contributed by atoms with van der Waals surface area (Å²) >= 11 is 0. The molecule has 1 fully saturated rings. The van der Waals surface area contributed by atoms with Crippen LogP contribution in [0, 0.1) is 0 Å². The quantitative estimate of drug-likeness (QED) is 0.624. The van der Waals surface area contributed by atoms with E-state index in [1.807, 2.05) is 0 Å². The highest BCUT2D eigenvalue weighted by Gasteiger charge is 2.51. The number of halogens is 3. The van der Waals surface area contributed by atoms with Crippen molar-refractivity contribution in [2.24, 2.45) is 0 Å². The zero-order chi connectivity index (χ0) is 8.70. The van der Waals surface area contributed by atoms with Gasteiger partial charge in [-0.05, 0) is 12.8 Å². The molecule has 0 bridgehead atoms. The molecule has 1 aliphatic carbocycles. The minimum absolute atomic E-state index is 0.155. The summed E-state index contributed by atoms with van der Waals surface area (Å²) < 4.78 is 56.2. The van der Waals surface area contributed by atoms with E-state index < -0.39 is 20.6 Å². The van der Waals surface area contributed by atoms with E-state index in [-0.39, 0.29) is 12.8 Å². The van der Waals surface area contributed by atoms with Crippen molar-refractivity contribution in [3.05, 3.63) is 0 Å². The third-order valence-corrected chi connectivity index (χ3v) is 3.81. The molecule has 0 aromatic rings. The lowest BCUT2D eigenvalue weighted by Crippen LogP contribution is -2.38. The van der Waals surface area contributed by atoms with Crippen molar-refractivity contribution in [3.8, 4) is 0 Å². The number of rotatable bonds is 1. The molecule has 0 spiro atoms. The summed E-state index contributed by atoms with van der Waals surface area (Å²) in [5.74, 6) is 0. The van der Waals surface area contributed by atoms with E-state index in [4.69, 9.17) is 0 Å². The largest absolute Gasteiger partial charge is 0.497 e. The van der Waals surface area contributed by atoms with Gasteiger partial charge in [-0.15, -0.1) is 0 Å². The number of hydrogen-bond donors (Lipinski definition) is 0. The third-order valence-electron chi connectivity index (χ3n) is 1.81. The summed E-state index contributed by atoms with van der Waals surface area (Å²) in [6.45, 7) is 0. The fourth-order valence-electron chi connectivity index (χ4n) is 0.870. The second-order valence-electron chi connectivity index (χ2n) is 2.54. The summed E-state index contributed by atoms with van der Waals surface area (Å²) in [6, 6.07) is 0. The van der Waals surface area contributed by atoms with Gasteiger partial charge in [0.15, 0.2) is 0 Å². The van der Waals surface area contributed by atoms with Crippen molar-refractivity contribution in [2.75, 3.05) is 0 Å². The molecule has 0 heterocycles. The van der Waals surface area contributed by atoms with Crippen LogP contribution >= 0.6 is 0 Å². The fraction of sp³-hybridized carbons (Fsp3) is 1.00. The van der Waals surface area contributed by atoms with Gasteiger partial charge in [0.1, 0.15) is 0 Å². The Balaban J connectivity index is 2.82. The van der Waals surface area contributed by atoms with Gasteiger partial charge in [-0.1, -0.05) is 6.42 Å². The van der Waals surface area contributed by atoms with Gasteiger partial charge >= 0.3 is 5.51 Å². The Kier molecular flexibility index (Phi) is 1.90. The predicted octanol–water partition coefficient (Wildman–Crippen LogP) is 1.47. The Morgan fingerprint density at radius 2 is 1.64 bits per heavy atom. The van der Waals surface area contributed by atoms with E-state index in [1.165, 1.54) is 0 Å². The van der Waals surface area contributed by atoms with E-state index >= 15 is 0 Å². The molecule has 0 saturated heterocycles. The average Bonchev–Trinajstić information content (AvgIpc) is 1.53. The van der Waals surface area contributed by atoms with Crippen molar-refractivity contribution in [3.63, 3.8) is 0 Å². The molecular weight excluding hydrogens is 181 g/mol.